The van der Waals surface area contributed by atoms with Gasteiger partial charge in [-0.15, -0.1) is 0 Å². The van der Waals surface area contributed by atoms with Crippen LogP contribution in [0.1, 0.15) is 23.7 Å². The van der Waals surface area contributed by atoms with Crippen LogP contribution in [0.3, 0.4) is 0 Å². The molecule has 0 fully saturated rings. The molecule has 0 aliphatic carbocycles. The summed E-state index contributed by atoms with van der Waals surface area (Å²) >= 11 is 0. The van der Waals surface area contributed by atoms with Crippen molar-refractivity contribution in [2.75, 3.05) is 27.4 Å². The average Bonchev–Trinajstić information content (AvgIpc) is 2.49. The van der Waals surface area contributed by atoms with Gasteiger partial charge in [0.2, 0.25) is 5.75 Å². The third kappa shape index (κ3) is 4.27. The van der Waals surface area contributed by atoms with Crippen LogP contribution in [0.5, 0.6) is 17.2 Å². The second-order valence-corrected chi connectivity index (χ2v) is 4.12. The lowest BCUT2D eigenvalue weighted by atomic mass is 10.1. The minimum atomic E-state index is -1.18. The van der Waals surface area contributed by atoms with Crippen LogP contribution in [-0.4, -0.2) is 44.4 Å². The molecule has 1 amide bonds. The van der Waals surface area contributed by atoms with Gasteiger partial charge in [-0.1, -0.05) is 6.92 Å². The Bertz CT molecular complexity index is 514. The molecule has 0 unspecified atom stereocenters. The average molecular weight is 297 g/mol. The van der Waals surface area contributed by atoms with E-state index in [1.165, 1.54) is 26.4 Å². The van der Waals surface area contributed by atoms with Gasteiger partial charge in [0.05, 0.1) is 14.2 Å². The Morgan fingerprint density at radius 2 is 1.90 bits per heavy atom. The molecule has 0 spiro atoms. The molecule has 1 aromatic rings. The maximum absolute atomic E-state index is 11.6. The number of carbonyl (C=O) groups is 2. The van der Waals surface area contributed by atoms with Gasteiger partial charge in [0.25, 0.3) is 5.91 Å². The molecule has 1 rings (SSSR count). The zero-order valence-corrected chi connectivity index (χ0v) is 12.3. The largest absolute Gasteiger partial charge is 0.493 e. The smallest absolute Gasteiger partial charge is 0.339 e. The van der Waals surface area contributed by atoms with Crippen molar-refractivity contribution in [3.05, 3.63) is 17.7 Å². The van der Waals surface area contributed by atoms with Crippen molar-refractivity contribution in [2.45, 2.75) is 13.3 Å². The summed E-state index contributed by atoms with van der Waals surface area (Å²) in [7, 11) is 2.80. The fourth-order valence-corrected chi connectivity index (χ4v) is 1.66. The number of aromatic carboxylic acids is 1. The van der Waals surface area contributed by atoms with Gasteiger partial charge >= 0.3 is 5.97 Å². The van der Waals surface area contributed by atoms with Crippen molar-refractivity contribution in [1.29, 1.82) is 0 Å². The topological polar surface area (TPSA) is 94.1 Å². The van der Waals surface area contributed by atoms with Gasteiger partial charge in [-0.05, 0) is 18.6 Å². The van der Waals surface area contributed by atoms with E-state index in [2.05, 4.69) is 5.32 Å². The number of hydrogen-bond donors (Lipinski definition) is 2. The van der Waals surface area contributed by atoms with Crippen LogP contribution in [0.25, 0.3) is 0 Å². The van der Waals surface area contributed by atoms with Crippen LogP contribution < -0.4 is 19.5 Å². The SMILES string of the molecule is CCCNC(=O)COc1c(C(=O)O)ccc(OC)c1OC. The van der Waals surface area contributed by atoms with Crippen molar-refractivity contribution in [3.8, 4) is 17.2 Å². The van der Waals surface area contributed by atoms with Crippen LogP contribution >= 0.6 is 0 Å². The number of carbonyl (C=O) groups excluding carboxylic acids is 1. The molecule has 7 nitrogen and oxygen atoms in total. The van der Waals surface area contributed by atoms with E-state index in [1.807, 2.05) is 6.92 Å². The highest BCUT2D eigenvalue weighted by Crippen LogP contribution is 2.39. The zero-order chi connectivity index (χ0) is 15.8. The van der Waals surface area contributed by atoms with Gasteiger partial charge in [0, 0.05) is 6.54 Å². The Balaban J connectivity index is 3.01. The zero-order valence-electron chi connectivity index (χ0n) is 12.3. The third-order valence-corrected chi connectivity index (χ3v) is 2.65. The lowest BCUT2D eigenvalue weighted by Gasteiger charge is -2.15. The summed E-state index contributed by atoms with van der Waals surface area (Å²) in [6.07, 6.45) is 0.800. The van der Waals surface area contributed by atoms with Crippen LogP contribution in [0.4, 0.5) is 0 Å². The van der Waals surface area contributed by atoms with Gasteiger partial charge in [-0.2, -0.15) is 0 Å². The standard InChI is InChI=1S/C14H19NO6/c1-4-7-15-11(16)8-21-12-9(14(17)18)5-6-10(19-2)13(12)20-3/h5-6H,4,7-8H2,1-3H3,(H,15,16)(H,17,18). The number of hydrogen-bond acceptors (Lipinski definition) is 5. The van der Waals surface area contributed by atoms with Crippen molar-refractivity contribution >= 4 is 11.9 Å². The molecule has 0 aliphatic rings. The Morgan fingerprint density at radius 3 is 2.43 bits per heavy atom. The molecular weight excluding hydrogens is 278 g/mol. The Labute approximate surface area is 122 Å². The number of benzene rings is 1. The summed E-state index contributed by atoms with van der Waals surface area (Å²) in [5.74, 6) is -1.08. The maximum atomic E-state index is 11.6. The normalized spacial score (nSPS) is 9.86. The predicted molar refractivity (Wildman–Crippen MR) is 75.3 cm³/mol. The highest BCUT2D eigenvalue weighted by molar-refractivity contribution is 5.93. The number of amides is 1. The predicted octanol–water partition coefficient (Wildman–Crippen LogP) is 1.31. The van der Waals surface area contributed by atoms with Gasteiger partial charge in [-0.3, -0.25) is 4.79 Å². The molecule has 0 aliphatic heterocycles. The third-order valence-electron chi connectivity index (χ3n) is 2.65. The lowest BCUT2D eigenvalue weighted by Crippen LogP contribution is -2.29. The molecule has 116 valence electrons. The summed E-state index contributed by atoms with van der Waals surface area (Å²) in [6, 6.07) is 2.80. The van der Waals surface area contributed by atoms with E-state index in [1.54, 1.807) is 0 Å². The Hall–Kier alpha value is -2.44. The number of nitrogens with one attached hydrogen (secondary N) is 1. The molecular formula is C14H19NO6. The van der Waals surface area contributed by atoms with Crippen LogP contribution in [-0.2, 0) is 4.79 Å². The molecule has 0 aromatic heterocycles. The van der Waals surface area contributed by atoms with Crippen molar-refractivity contribution in [2.24, 2.45) is 0 Å². The molecule has 0 radical (unpaired) electrons. The summed E-state index contributed by atoms with van der Waals surface area (Å²) in [4.78, 5) is 22.8. The maximum Gasteiger partial charge on any atom is 0.339 e. The molecule has 1 aromatic carbocycles. The van der Waals surface area contributed by atoms with Gasteiger partial charge in [0.15, 0.2) is 18.1 Å². The first-order valence-corrected chi connectivity index (χ1v) is 6.42. The molecule has 7 heteroatoms. The van der Waals surface area contributed by atoms with E-state index < -0.39 is 5.97 Å². The highest BCUT2D eigenvalue weighted by atomic mass is 16.5. The monoisotopic (exact) mass is 297 g/mol. The fraction of sp³-hybridized carbons (Fsp3) is 0.429. The first kappa shape index (κ1) is 16.6. The lowest BCUT2D eigenvalue weighted by molar-refractivity contribution is -0.123. The molecule has 0 atom stereocenters. The summed E-state index contributed by atoms with van der Waals surface area (Å²) in [5.41, 5.74) is -0.101. The highest BCUT2D eigenvalue weighted by Gasteiger charge is 2.21. The van der Waals surface area contributed by atoms with Crippen LogP contribution in [0.15, 0.2) is 12.1 Å². The Kier molecular flexibility index (Phi) is 6.32. The molecule has 21 heavy (non-hydrogen) atoms. The number of carboxylic acid groups (broad SMARTS) is 1. The van der Waals surface area contributed by atoms with E-state index in [9.17, 15) is 14.7 Å². The quantitative estimate of drug-likeness (QED) is 0.751. The summed E-state index contributed by atoms with van der Waals surface area (Å²) in [6.45, 7) is 2.15. The number of rotatable bonds is 8. The van der Waals surface area contributed by atoms with Crippen molar-refractivity contribution in [1.82, 2.24) is 5.32 Å². The summed E-state index contributed by atoms with van der Waals surface area (Å²) in [5, 5.41) is 11.8. The van der Waals surface area contributed by atoms with E-state index >= 15 is 0 Å². The van der Waals surface area contributed by atoms with E-state index in [0.29, 0.717) is 12.3 Å². The van der Waals surface area contributed by atoms with E-state index in [-0.39, 0.29) is 29.6 Å². The number of carboxylic acids is 1. The number of ether oxygens (including phenoxy) is 3. The minimum Gasteiger partial charge on any atom is -0.493 e. The molecule has 0 saturated heterocycles. The molecule has 0 heterocycles. The molecule has 0 saturated carbocycles. The first-order valence-electron chi connectivity index (χ1n) is 6.42. The fourth-order valence-electron chi connectivity index (χ4n) is 1.66. The van der Waals surface area contributed by atoms with Gasteiger partial charge < -0.3 is 24.6 Å². The van der Waals surface area contributed by atoms with Crippen molar-refractivity contribution in [3.63, 3.8) is 0 Å². The minimum absolute atomic E-state index is 0.0315. The van der Waals surface area contributed by atoms with Crippen molar-refractivity contribution < 1.29 is 28.9 Å². The number of methoxy groups -OCH3 is 2. The second-order valence-electron chi connectivity index (χ2n) is 4.12. The van der Waals surface area contributed by atoms with E-state index in [0.717, 1.165) is 6.42 Å². The van der Waals surface area contributed by atoms with Crippen LogP contribution in [0.2, 0.25) is 0 Å². The van der Waals surface area contributed by atoms with Gasteiger partial charge in [-0.25, -0.2) is 4.79 Å². The van der Waals surface area contributed by atoms with E-state index in [4.69, 9.17) is 14.2 Å². The van der Waals surface area contributed by atoms with Crippen LogP contribution in [0, 0.1) is 0 Å². The second kappa shape index (κ2) is 7.98. The molecule has 2 N–H and O–H groups in total. The molecule has 0 bridgehead atoms. The first-order chi connectivity index (χ1) is 10.0. The Morgan fingerprint density at radius 1 is 1.19 bits per heavy atom. The summed E-state index contributed by atoms with van der Waals surface area (Å²) < 4.78 is 15.5. The van der Waals surface area contributed by atoms with Gasteiger partial charge in [0.1, 0.15) is 5.56 Å².